The van der Waals surface area contributed by atoms with Crippen molar-refractivity contribution in [2.24, 2.45) is 5.92 Å². The predicted octanol–water partition coefficient (Wildman–Crippen LogP) is 11.6. The van der Waals surface area contributed by atoms with Crippen molar-refractivity contribution in [3.05, 3.63) is 157 Å². The lowest BCUT2D eigenvalue weighted by atomic mass is 9.82. The van der Waals surface area contributed by atoms with Gasteiger partial charge in [0, 0.05) is 21.7 Å². The minimum atomic E-state index is 0.439. The first kappa shape index (κ1) is 27.1. The Bertz CT molecular complexity index is 2680. The molecule has 0 radical (unpaired) electrons. The molecule has 1 unspecified atom stereocenters. The Balaban J connectivity index is 1.31. The molecule has 0 fully saturated rings. The summed E-state index contributed by atoms with van der Waals surface area (Å²) in [6, 6.07) is 50.1. The lowest BCUT2D eigenvalue weighted by molar-refractivity contribution is 0.718. The summed E-state index contributed by atoms with van der Waals surface area (Å²) in [5.74, 6) is 1.13. The number of hydrogen-bond acceptors (Lipinski definition) is 2. The first-order valence-electron chi connectivity index (χ1n) is 16.7. The van der Waals surface area contributed by atoms with E-state index in [0.29, 0.717) is 11.9 Å². The average molecular weight is 614 g/mol. The summed E-state index contributed by atoms with van der Waals surface area (Å²) in [5.41, 5.74) is 10.4. The molecule has 226 valence electrons. The lowest BCUT2D eigenvalue weighted by Crippen LogP contribution is -2.09. The highest BCUT2D eigenvalue weighted by molar-refractivity contribution is 6.28. The summed E-state index contributed by atoms with van der Waals surface area (Å²) < 4.78 is 2.28. The molecule has 0 saturated heterocycles. The van der Waals surface area contributed by atoms with Crippen molar-refractivity contribution >= 4 is 60.3 Å². The normalized spacial score (nSPS) is 14.4. The number of aromatic nitrogens is 3. The smallest absolute Gasteiger partial charge is 0.235 e. The summed E-state index contributed by atoms with van der Waals surface area (Å²) in [6.07, 6.45) is 5.63. The van der Waals surface area contributed by atoms with Crippen LogP contribution in [0.25, 0.3) is 88.7 Å². The first-order valence-corrected chi connectivity index (χ1v) is 16.7. The van der Waals surface area contributed by atoms with Gasteiger partial charge < -0.3 is 0 Å². The van der Waals surface area contributed by atoms with Gasteiger partial charge in [-0.1, -0.05) is 140 Å². The third kappa shape index (κ3) is 4.01. The molecule has 3 nitrogen and oxygen atoms in total. The van der Waals surface area contributed by atoms with Gasteiger partial charge >= 0.3 is 0 Å². The van der Waals surface area contributed by atoms with Crippen LogP contribution in [-0.4, -0.2) is 14.5 Å². The number of nitrogens with zero attached hydrogens (tertiary/aromatic N) is 3. The molecule has 10 rings (SSSR count). The number of rotatable bonds is 3. The standard InChI is InChI=1S/C45H31N3/c1-28-19-22-35-32(29-11-3-2-4-12-29)23-24-36(38(35)27-28)44-37-17-9-10-18-39(37)46-45(47-44)48-40-25-20-30-13-5-7-15-33(30)42(40)43-34-16-8-6-14-31(34)21-26-41(43)48/h2-26,28H,27H2,1H3. The van der Waals surface area contributed by atoms with Gasteiger partial charge in [0.15, 0.2) is 0 Å². The second-order valence-corrected chi connectivity index (χ2v) is 13.0. The van der Waals surface area contributed by atoms with Crippen LogP contribution in [0.4, 0.5) is 0 Å². The SMILES string of the molecule is CC1C=Cc2c(-c3ccccc3)ccc(-c3nc(-n4c5ccc6ccccc6c5c5c6ccccc6ccc54)nc4ccccc34)c2C1. The maximum Gasteiger partial charge on any atom is 0.235 e. The number of para-hydroxylation sites is 1. The monoisotopic (exact) mass is 613 g/mol. The fourth-order valence-electron chi connectivity index (χ4n) is 7.95. The van der Waals surface area contributed by atoms with E-state index in [4.69, 9.17) is 9.97 Å². The van der Waals surface area contributed by atoms with Crippen molar-refractivity contribution in [2.45, 2.75) is 13.3 Å². The quantitative estimate of drug-likeness (QED) is 0.198. The number of hydrogen-bond donors (Lipinski definition) is 0. The van der Waals surface area contributed by atoms with E-state index in [1.54, 1.807) is 0 Å². The molecular formula is C45H31N3. The molecule has 1 atom stereocenters. The molecule has 9 aromatic rings. The van der Waals surface area contributed by atoms with Crippen LogP contribution in [0.2, 0.25) is 0 Å². The van der Waals surface area contributed by atoms with E-state index < -0.39 is 0 Å². The second kappa shape index (κ2) is 10.5. The Kier molecular flexibility index (Phi) is 5.91. The number of benzene rings is 7. The molecule has 3 heteroatoms. The summed E-state index contributed by atoms with van der Waals surface area (Å²) in [4.78, 5) is 10.8. The predicted molar refractivity (Wildman–Crippen MR) is 202 cm³/mol. The van der Waals surface area contributed by atoms with Crippen molar-refractivity contribution in [3.8, 4) is 28.3 Å². The van der Waals surface area contributed by atoms with Gasteiger partial charge in [-0.15, -0.1) is 0 Å². The summed E-state index contributed by atoms with van der Waals surface area (Å²) in [5, 5.41) is 8.47. The van der Waals surface area contributed by atoms with Gasteiger partial charge in [0.25, 0.3) is 0 Å². The molecule has 1 aliphatic carbocycles. The van der Waals surface area contributed by atoms with Crippen molar-refractivity contribution in [1.29, 1.82) is 0 Å². The molecule has 0 saturated carbocycles. The van der Waals surface area contributed by atoms with Crippen LogP contribution in [0, 0.1) is 5.92 Å². The highest BCUT2D eigenvalue weighted by Crippen LogP contribution is 2.43. The van der Waals surface area contributed by atoms with Crippen LogP contribution < -0.4 is 0 Å². The van der Waals surface area contributed by atoms with Crippen LogP contribution in [0.15, 0.2) is 146 Å². The van der Waals surface area contributed by atoms with Crippen LogP contribution in [0.3, 0.4) is 0 Å². The van der Waals surface area contributed by atoms with Crippen molar-refractivity contribution in [2.75, 3.05) is 0 Å². The molecule has 0 aliphatic heterocycles. The molecule has 0 spiro atoms. The molecule has 2 heterocycles. The van der Waals surface area contributed by atoms with Crippen LogP contribution in [-0.2, 0) is 6.42 Å². The fraction of sp³-hybridized carbons (Fsp3) is 0.0667. The van der Waals surface area contributed by atoms with Crippen molar-refractivity contribution in [1.82, 2.24) is 14.5 Å². The minimum absolute atomic E-state index is 0.439. The van der Waals surface area contributed by atoms with E-state index in [-0.39, 0.29) is 0 Å². The van der Waals surface area contributed by atoms with Crippen molar-refractivity contribution < 1.29 is 0 Å². The molecule has 2 aromatic heterocycles. The third-order valence-corrected chi connectivity index (χ3v) is 10.2. The maximum atomic E-state index is 5.54. The van der Waals surface area contributed by atoms with Gasteiger partial charge in [0.2, 0.25) is 5.95 Å². The Hall–Kier alpha value is -6.06. The highest BCUT2D eigenvalue weighted by atomic mass is 15.2. The van der Waals surface area contributed by atoms with Gasteiger partial charge in [-0.25, -0.2) is 9.97 Å². The molecular weight excluding hydrogens is 583 g/mol. The average Bonchev–Trinajstić information content (AvgIpc) is 3.50. The Labute approximate surface area is 278 Å². The van der Waals surface area contributed by atoms with Gasteiger partial charge in [-0.05, 0) is 74.3 Å². The zero-order chi connectivity index (χ0) is 31.8. The molecule has 0 N–H and O–H groups in total. The number of fused-ring (bicyclic) bond motifs is 9. The van der Waals surface area contributed by atoms with Crippen LogP contribution in [0.5, 0.6) is 0 Å². The Morgan fingerprint density at radius 2 is 1.17 bits per heavy atom. The maximum absolute atomic E-state index is 5.54. The molecule has 7 aromatic carbocycles. The second-order valence-electron chi connectivity index (χ2n) is 13.0. The van der Waals surface area contributed by atoms with E-state index in [1.807, 2.05) is 0 Å². The molecule has 0 amide bonds. The Morgan fingerprint density at radius 1 is 0.562 bits per heavy atom. The van der Waals surface area contributed by atoms with E-state index in [1.165, 1.54) is 60.1 Å². The van der Waals surface area contributed by atoms with Gasteiger partial charge in [-0.3, -0.25) is 4.57 Å². The summed E-state index contributed by atoms with van der Waals surface area (Å²) in [7, 11) is 0. The summed E-state index contributed by atoms with van der Waals surface area (Å²) >= 11 is 0. The van der Waals surface area contributed by atoms with Gasteiger partial charge in [-0.2, -0.15) is 0 Å². The van der Waals surface area contributed by atoms with E-state index in [2.05, 4.69) is 163 Å². The van der Waals surface area contributed by atoms with E-state index in [9.17, 15) is 0 Å². The van der Waals surface area contributed by atoms with Crippen LogP contribution in [0.1, 0.15) is 18.1 Å². The van der Waals surface area contributed by atoms with Gasteiger partial charge in [0.05, 0.1) is 22.2 Å². The third-order valence-electron chi connectivity index (χ3n) is 10.2. The minimum Gasteiger partial charge on any atom is -0.278 e. The zero-order valence-electron chi connectivity index (χ0n) is 26.6. The molecule has 48 heavy (non-hydrogen) atoms. The van der Waals surface area contributed by atoms with Crippen molar-refractivity contribution in [3.63, 3.8) is 0 Å². The van der Waals surface area contributed by atoms with Crippen LogP contribution >= 0.6 is 0 Å². The highest BCUT2D eigenvalue weighted by Gasteiger charge is 2.24. The lowest BCUT2D eigenvalue weighted by Gasteiger charge is -2.23. The summed E-state index contributed by atoms with van der Waals surface area (Å²) in [6.45, 7) is 2.30. The fourth-order valence-corrected chi connectivity index (χ4v) is 7.95. The van der Waals surface area contributed by atoms with E-state index >= 15 is 0 Å². The zero-order valence-corrected chi connectivity index (χ0v) is 26.6. The topological polar surface area (TPSA) is 30.7 Å². The largest absolute Gasteiger partial charge is 0.278 e. The number of allylic oxidation sites excluding steroid dienone is 1. The molecule has 0 bridgehead atoms. The van der Waals surface area contributed by atoms with E-state index in [0.717, 1.165) is 34.1 Å². The van der Waals surface area contributed by atoms with Gasteiger partial charge in [0.1, 0.15) is 0 Å². The first-order chi connectivity index (χ1) is 23.7. The Morgan fingerprint density at radius 3 is 1.88 bits per heavy atom. The molecule has 1 aliphatic rings.